The van der Waals surface area contributed by atoms with Crippen LogP contribution in [0.15, 0.2) is 48.5 Å². The predicted octanol–water partition coefficient (Wildman–Crippen LogP) is 3.12. The molecule has 2 aromatic rings. The average molecular weight is 370 g/mol. The maximum absolute atomic E-state index is 12.1. The average Bonchev–Trinajstić information content (AvgIpc) is 2.67. The summed E-state index contributed by atoms with van der Waals surface area (Å²) in [5, 5.41) is 0. The fourth-order valence-corrected chi connectivity index (χ4v) is 2.38. The number of carbonyl (C=O) groups excluding carboxylic acids is 2. The number of methoxy groups -OCH3 is 1. The van der Waals surface area contributed by atoms with Crippen LogP contribution in [0, 0.1) is 5.92 Å². The van der Waals surface area contributed by atoms with Gasteiger partial charge in [-0.1, -0.05) is 32.0 Å². The molecule has 0 aromatic heterocycles. The summed E-state index contributed by atoms with van der Waals surface area (Å²) >= 11 is 0. The van der Waals surface area contributed by atoms with Crippen molar-refractivity contribution in [3.05, 3.63) is 59.7 Å². The van der Waals surface area contributed by atoms with Crippen molar-refractivity contribution < 1.29 is 19.1 Å². The summed E-state index contributed by atoms with van der Waals surface area (Å²) in [6.07, 6.45) is 1.08. The molecule has 6 heteroatoms. The molecular weight excluding hydrogens is 344 g/mol. The van der Waals surface area contributed by atoms with Crippen LogP contribution in [0.5, 0.6) is 11.5 Å². The van der Waals surface area contributed by atoms with Gasteiger partial charge in [-0.25, -0.2) is 0 Å². The Morgan fingerprint density at radius 3 is 2.37 bits per heavy atom. The van der Waals surface area contributed by atoms with E-state index in [1.165, 1.54) is 0 Å². The summed E-state index contributed by atoms with van der Waals surface area (Å²) in [5.74, 6) is 1.20. The Morgan fingerprint density at radius 2 is 1.70 bits per heavy atom. The standard InChI is InChI=1S/C21H26N2O4/c1-15(2)12-13-27-18-10-8-16(9-11-18)21(25)23-22-20(24)14-17-6-4-5-7-19(17)26-3/h4-11,15H,12-14H2,1-3H3,(H,22,24)(H,23,25). The Kier molecular flexibility index (Phi) is 7.67. The summed E-state index contributed by atoms with van der Waals surface area (Å²) < 4.78 is 10.8. The maximum atomic E-state index is 12.1. The van der Waals surface area contributed by atoms with Crippen molar-refractivity contribution in [2.24, 2.45) is 5.92 Å². The third-order valence-corrected chi connectivity index (χ3v) is 3.94. The highest BCUT2D eigenvalue weighted by atomic mass is 16.5. The molecule has 2 rings (SSSR count). The summed E-state index contributed by atoms with van der Waals surface area (Å²) in [6, 6.07) is 14.0. The number of amides is 2. The molecule has 0 radical (unpaired) electrons. The van der Waals surface area contributed by atoms with Crippen molar-refractivity contribution in [1.29, 1.82) is 0 Å². The summed E-state index contributed by atoms with van der Waals surface area (Å²) in [4.78, 5) is 24.2. The molecule has 0 aliphatic carbocycles. The van der Waals surface area contributed by atoms with Crippen molar-refractivity contribution >= 4 is 11.8 Å². The second-order valence-electron chi connectivity index (χ2n) is 6.55. The van der Waals surface area contributed by atoms with Gasteiger partial charge in [-0.2, -0.15) is 0 Å². The van der Waals surface area contributed by atoms with Gasteiger partial charge in [0.1, 0.15) is 11.5 Å². The van der Waals surface area contributed by atoms with E-state index in [0.29, 0.717) is 29.6 Å². The molecule has 0 aliphatic heterocycles. The van der Waals surface area contributed by atoms with Crippen LogP contribution in [0.4, 0.5) is 0 Å². The Balaban J connectivity index is 1.81. The molecule has 0 saturated carbocycles. The molecule has 2 amide bonds. The van der Waals surface area contributed by atoms with Crippen LogP contribution < -0.4 is 20.3 Å². The third-order valence-electron chi connectivity index (χ3n) is 3.94. The largest absolute Gasteiger partial charge is 0.496 e. The molecular formula is C21H26N2O4. The Bertz CT molecular complexity index is 757. The third kappa shape index (κ3) is 6.66. The van der Waals surface area contributed by atoms with Crippen LogP contribution in [-0.4, -0.2) is 25.5 Å². The molecule has 0 heterocycles. The zero-order valence-electron chi connectivity index (χ0n) is 16.0. The fourth-order valence-electron chi connectivity index (χ4n) is 2.38. The molecule has 0 saturated heterocycles. The quantitative estimate of drug-likeness (QED) is 0.700. The number of hydrazine groups is 1. The van der Waals surface area contributed by atoms with Gasteiger partial charge in [0.15, 0.2) is 0 Å². The SMILES string of the molecule is COc1ccccc1CC(=O)NNC(=O)c1ccc(OCCC(C)C)cc1. The van der Waals surface area contributed by atoms with Gasteiger partial charge >= 0.3 is 0 Å². The molecule has 2 N–H and O–H groups in total. The molecule has 27 heavy (non-hydrogen) atoms. The number of nitrogens with one attached hydrogen (secondary N) is 2. The van der Waals surface area contributed by atoms with E-state index in [2.05, 4.69) is 24.7 Å². The molecule has 0 atom stereocenters. The lowest BCUT2D eigenvalue weighted by Crippen LogP contribution is -2.42. The first-order chi connectivity index (χ1) is 13.0. The number of rotatable bonds is 8. The molecule has 6 nitrogen and oxygen atoms in total. The predicted molar refractivity (Wildman–Crippen MR) is 104 cm³/mol. The first-order valence-electron chi connectivity index (χ1n) is 8.93. The van der Waals surface area contributed by atoms with E-state index >= 15 is 0 Å². The lowest BCUT2D eigenvalue weighted by Gasteiger charge is -2.11. The maximum Gasteiger partial charge on any atom is 0.269 e. The normalized spacial score (nSPS) is 10.4. The van der Waals surface area contributed by atoms with Crippen LogP contribution in [0.3, 0.4) is 0 Å². The van der Waals surface area contributed by atoms with Crippen LogP contribution in [0.1, 0.15) is 36.2 Å². The molecule has 0 fully saturated rings. The van der Waals surface area contributed by atoms with Gasteiger partial charge in [0.25, 0.3) is 5.91 Å². The van der Waals surface area contributed by atoms with Crippen molar-refractivity contribution in [2.75, 3.05) is 13.7 Å². The van der Waals surface area contributed by atoms with E-state index in [-0.39, 0.29) is 12.3 Å². The lowest BCUT2D eigenvalue weighted by atomic mass is 10.1. The minimum Gasteiger partial charge on any atom is -0.496 e. The number of ether oxygens (including phenoxy) is 2. The van der Waals surface area contributed by atoms with Gasteiger partial charge in [-0.05, 0) is 42.7 Å². The highest BCUT2D eigenvalue weighted by molar-refractivity contribution is 5.95. The van der Waals surface area contributed by atoms with E-state index in [1.54, 1.807) is 43.5 Å². The molecule has 0 spiro atoms. The summed E-state index contributed by atoms with van der Waals surface area (Å²) in [6.45, 7) is 4.92. The highest BCUT2D eigenvalue weighted by Crippen LogP contribution is 2.17. The first kappa shape index (κ1) is 20.3. The first-order valence-corrected chi connectivity index (χ1v) is 8.93. The lowest BCUT2D eigenvalue weighted by molar-refractivity contribution is -0.121. The highest BCUT2D eigenvalue weighted by Gasteiger charge is 2.10. The Hall–Kier alpha value is -3.02. The Labute approximate surface area is 159 Å². The van der Waals surface area contributed by atoms with Crippen molar-refractivity contribution in [3.63, 3.8) is 0 Å². The van der Waals surface area contributed by atoms with E-state index in [1.807, 2.05) is 12.1 Å². The van der Waals surface area contributed by atoms with Crippen LogP contribution >= 0.6 is 0 Å². The van der Waals surface area contributed by atoms with Gasteiger partial charge < -0.3 is 9.47 Å². The van der Waals surface area contributed by atoms with Crippen LogP contribution in [0.2, 0.25) is 0 Å². The van der Waals surface area contributed by atoms with Gasteiger partial charge in [0, 0.05) is 11.1 Å². The Morgan fingerprint density at radius 1 is 1.00 bits per heavy atom. The van der Waals surface area contributed by atoms with E-state index < -0.39 is 5.91 Å². The second kappa shape index (κ2) is 10.2. The van der Waals surface area contributed by atoms with Crippen molar-refractivity contribution in [1.82, 2.24) is 10.9 Å². The number of carbonyl (C=O) groups is 2. The minimum absolute atomic E-state index is 0.104. The smallest absolute Gasteiger partial charge is 0.269 e. The molecule has 0 aliphatic rings. The zero-order chi connectivity index (χ0) is 19.6. The van der Waals surface area contributed by atoms with E-state index in [4.69, 9.17) is 9.47 Å². The number of hydrogen-bond donors (Lipinski definition) is 2. The summed E-state index contributed by atoms with van der Waals surface area (Å²) in [5.41, 5.74) is 6.01. The van der Waals surface area contributed by atoms with Gasteiger partial charge in [-0.3, -0.25) is 20.4 Å². The molecule has 144 valence electrons. The molecule has 0 unspecified atom stereocenters. The van der Waals surface area contributed by atoms with Gasteiger partial charge in [0.05, 0.1) is 20.1 Å². The van der Waals surface area contributed by atoms with Gasteiger partial charge in [0.2, 0.25) is 5.91 Å². The second-order valence-corrected chi connectivity index (χ2v) is 6.55. The van der Waals surface area contributed by atoms with E-state index in [9.17, 15) is 9.59 Å². The van der Waals surface area contributed by atoms with Crippen LogP contribution in [-0.2, 0) is 11.2 Å². The topological polar surface area (TPSA) is 76.7 Å². The van der Waals surface area contributed by atoms with Crippen LogP contribution in [0.25, 0.3) is 0 Å². The molecule has 2 aromatic carbocycles. The zero-order valence-corrected chi connectivity index (χ0v) is 16.0. The number of hydrogen-bond acceptors (Lipinski definition) is 4. The monoisotopic (exact) mass is 370 g/mol. The fraction of sp³-hybridized carbons (Fsp3) is 0.333. The minimum atomic E-state index is -0.392. The van der Waals surface area contributed by atoms with Crippen molar-refractivity contribution in [2.45, 2.75) is 26.7 Å². The molecule has 0 bridgehead atoms. The van der Waals surface area contributed by atoms with Gasteiger partial charge in [-0.15, -0.1) is 0 Å². The summed E-state index contributed by atoms with van der Waals surface area (Å²) in [7, 11) is 1.55. The van der Waals surface area contributed by atoms with Crippen molar-refractivity contribution in [3.8, 4) is 11.5 Å². The number of para-hydroxylation sites is 1. The van der Waals surface area contributed by atoms with E-state index in [0.717, 1.165) is 12.0 Å². The number of benzene rings is 2.